The quantitative estimate of drug-likeness (QED) is 0.786. The summed E-state index contributed by atoms with van der Waals surface area (Å²) >= 11 is 6.71. The van der Waals surface area contributed by atoms with Crippen molar-refractivity contribution in [3.63, 3.8) is 0 Å². The minimum atomic E-state index is -0.696. The van der Waals surface area contributed by atoms with Gasteiger partial charge in [-0.3, -0.25) is 9.78 Å². The van der Waals surface area contributed by atoms with E-state index in [2.05, 4.69) is 36.8 Å². The first-order chi connectivity index (χ1) is 8.82. The van der Waals surface area contributed by atoms with Gasteiger partial charge in [0.25, 0.3) is 5.56 Å². The van der Waals surface area contributed by atoms with Crippen LogP contribution in [0.25, 0.3) is 5.69 Å². The Morgan fingerprint density at radius 3 is 2.21 bits per heavy atom. The van der Waals surface area contributed by atoms with Crippen molar-refractivity contribution in [3.8, 4) is 11.6 Å². The number of rotatable bonds is 1. The van der Waals surface area contributed by atoms with Gasteiger partial charge in [-0.1, -0.05) is 0 Å². The largest absolute Gasteiger partial charge is 0.494 e. The Morgan fingerprint density at radius 1 is 1.16 bits per heavy atom. The van der Waals surface area contributed by atoms with Gasteiger partial charge in [0, 0.05) is 8.95 Å². The second-order valence-corrected chi connectivity index (χ2v) is 5.83. The van der Waals surface area contributed by atoms with Gasteiger partial charge in [0.2, 0.25) is 5.88 Å². The Balaban J connectivity index is 2.92. The minimum absolute atomic E-state index is 0.0824. The van der Waals surface area contributed by atoms with Crippen molar-refractivity contribution in [2.45, 2.75) is 13.8 Å². The topological polar surface area (TPSA) is 75.1 Å². The maximum atomic E-state index is 11.9. The summed E-state index contributed by atoms with van der Waals surface area (Å²) < 4.78 is 2.30. The van der Waals surface area contributed by atoms with E-state index < -0.39 is 11.2 Å². The molecule has 0 aliphatic heterocycles. The van der Waals surface area contributed by atoms with Crippen LogP contribution in [-0.2, 0) is 0 Å². The number of H-pyrrole nitrogens is 1. The van der Waals surface area contributed by atoms with Gasteiger partial charge in [0.15, 0.2) is 0 Å². The van der Waals surface area contributed by atoms with E-state index in [-0.39, 0.29) is 11.4 Å². The fourth-order valence-corrected chi connectivity index (χ4v) is 3.50. The van der Waals surface area contributed by atoms with Crippen LogP contribution in [0.3, 0.4) is 0 Å². The zero-order chi connectivity index (χ0) is 14.3. The average molecular weight is 390 g/mol. The number of hydrogen-bond acceptors (Lipinski definition) is 3. The van der Waals surface area contributed by atoms with E-state index in [4.69, 9.17) is 0 Å². The van der Waals surface area contributed by atoms with Crippen LogP contribution in [0.2, 0.25) is 0 Å². The van der Waals surface area contributed by atoms with Gasteiger partial charge < -0.3 is 5.11 Å². The number of halogens is 2. The van der Waals surface area contributed by atoms with Gasteiger partial charge in [-0.25, -0.2) is 9.36 Å². The van der Waals surface area contributed by atoms with Crippen molar-refractivity contribution in [1.82, 2.24) is 9.55 Å². The second kappa shape index (κ2) is 4.97. The highest BCUT2D eigenvalue weighted by molar-refractivity contribution is 9.11. The number of nitrogens with one attached hydrogen (secondary N) is 1. The molecule has 2 rings (SSSR count). The molecule has 0 aliphatic carbocycles. The molecule has 0 radical (unpaired) electrons. The predicted octanol–water partition coefficient (Wildman–Crippen LogP) is 2.37. The van der Waals surface area contributed by atoms with Crippen LogP contribution in [0.1, 0.15) is 11.1 Å². The molecule has 0 fully saturated rings. The monoisotopic (exact) mass is 388 g/mol. The van der Waals surface area contributed by atoms with Gasteiger partial charge in [0.05, 0.1) is 11.3 Å². The van der Waals surface area contributed by atoms with E-state index in [0.717, 1.165) is 10.1 Å². The Labute approximate surface area is 125 Å². The molecule has 0 saturated heterocycles. The van der Waals surface area contributed by atoms with E-state index >= 15 is 0 Å². The maximum Gasteiger partial charge on any atom is 0.335 e. The van der Waals surface area contributed by atoms with Crippen LogP contribution in [0, 0.1) is 13.8 Å². The molecule has 0 amide bonds. The molecule has 100 valence electrons. The van der Waals surface area contributed by atoms with Crippen molar-refractivity contribution in [2.75, 3.05) is 0 Å². The summed E-state index contributed by atoms with van der Waals surface area (Å²) in [4.78, 5) is 25.5. The standard InChI is InChI=1S/C12H10Br2N2O3/c1-5-3-7(13)9(8(14)4-5)16-11(18)6(2)10(17)15-12(16)19/h3-4,18H,1-2H3,(H,15,17,19). The lowest BCUT2D eigenvalue weighted by Gasteiger charge is -2.13. The number of aromatic nitrogens is 2. The van der Waals surface area contributed by atoms with Crippen molar-refractivity contribution in [3.05, 3.63) is 53.0 Å². The number of hydrogen-bond donors (Lipinski definition) is 2. The van der Waals surface area contributed by atoms with Crippen LogP contribution in [0.5, 0.6) is 5.88 Å². The smallest absolute Gasteiger partial charge is 0.335 e. The average Bonchev–Trinajstić information content (AvgIpc) is 2.29. The van der Waals surface area contributed by atoms with Crippen LogP contribution < -0.4 is 11.2 Å². The molecule has 1 aromatic heterocycles. The molecule has 0 aliphatic rings. The number of aryl methyl sites for hydroxylation is 1. The van der Waals surface area contributed by atoms with Crippen LogP contribution in [-0.4, -0.2) is 14.7 Å². The van der Waals surface area contributed by atoms with Gasteiger partial charge in [0.1, 0.15) is 0 Å². The molecule has 1 aromatic carbocycles. The van der Waals surface area contributed by atoms with Crippen molar-refractivity contribution in [2.24, 2.45) is 0 Å². The molecular formula is C12H10Br2N2O3. The van der Waals surface area contributed by atoms with Crippen molar-refractivity contribution < 1.29 is 5.11 Å². The van der Waals surface area contributed by atoms with E-state index in [0.29, 0.717) is 14.6 Å². The highest BCUT2D eigenvalue weighted by Gasteiger charge is 2.17. The third kappa shape index (κ3) is 2.40. The third-order valence-electron chi connectivity index (χ3n) is 2.70. The number of aromatic amines is 1. The Morgan fingerprint density at radius 2 is 1.68 bits per heavy atom. The molecular weight excluding hydrogens is 380 g/mol. The lowest BCUT2D eigenvalue weighted by Crippen LogP contribution is -2.30. The summed E-state index contributed by atoms with van der Waals surface area (Å²) in [7, 11) is 0. The summed E-state index contributed by atoms with van der Waals surface area (Å²) in [6, 6.07) is 3.62. The van der Waals surface area contributed by atoms with E-state index in [1.54, 1.807) is 0 Å². The maximum absolute atomic E-state index is 11.9. The lowest BCUT2D eigenvalue weighted by molar-refractivity contribution is 0.425. The first kappa shape index (κ1) is 14.1. The highest BCUT2D eigenvalue weighted by atomic mass is 79.9. The summed E-state index contributed by atoms with van der Waals surface area (Å²) in [5, 5.41) is 10.0. The first-order valence-corrected chi connectivity index (χ1v) is 6.92. The van der Waals surface area contributed by atoms with E-state index in [1.165, 1.54) is 6.92 Å². The summed E-state index contributed by atoms with van der Waals surface area (Å²) in [5.74, 6) is -0.376. The predicted molar refractivity (Wildman–Crippen MR) is 79.2 cm³/mol. The molecule has 2 aromatic rings. The summed E-state index contributed by atoms with van der Waals surface area (Å²) in [5.41, 5.74) is 0.207. The molecule has 19 heavy (non-hydrogen) atoms. The number of benzene rings is 1. The normalized spacial score (nSPS) is 10.7. The van der Waals surface area contributed by atoms with Crippen molar-refractivity contribution >= 4 is 31.9 Å². The van der Waals surface area contributed by atoms with Gasteiger partial charge in [-0.2, -0.15) is 0 Å². The Kier molecular flexibility index (Phi) is 3.69. The lowest BCUT2D eigenvalue weighted by atomic mass is 10.2. The SMILES string of the molecule is Cc1cc(Br)c(-n2c(O)c(C)c(=O)[nH]c2=O)c(Br)c1. The van der Waals surface area contributed by atoms with Crippen LogP contribution in [0.4, 0.5) is 0 Å². The van der Waals surface area contributed by atoms with Crippen LogP contribution >= 0.6 is 31.9 Å². The van der Waals surface area contributed by atoms with Crippen LogP contribution in [0.15, 0.2) is 30.7 Å². The number of nitrogens with zero attached hydrogens (tertiary/aromatic N) is 1. The van der Waals surface area contributed by atoms with Crippen molar-refractivity contribution in [1.29, 1.82) is 0 Å². The molecule has 7 heteroatoms. The zero-order valence-electron chi connectivity index (χ0n) is 10.1. The molecule has 0 bridgehead atoms. The summed E-state index contributed by atoms with van der Waals surface area (Å²) in [6.07, 6.45) is 0. The molecule has 2 N–H and O–H groups in total. The fraction of sp³-hybridized carbons (Fsp3) is 0.167. The molecule has 5 nitrogen and oxygen atoms in total. The van der Waals surface area contributed by atoms with Gasteiger partial charge in [-0.15, -0.1) is 0 Å². The Hall–Kier alpha value is -1.34. The fourth-order valence-electron chi connectivity index (χ4n) is 1.73. The third-order valence-corrected chi connectivity index (χ3v) is 3.91. The van der Waals surface area contributed by atoms with E-state index in [1.807, 2.05) is 19.1 Å². The zero-order valence-corrected chi connectivity index (χ0v) is 13.3. The van der Waals surface area contributed by atoms with E-state index in [9.17, 15) is 14.7 Å². The second-order valence-electron chi connectivity index (χ2n) is 4.12. The molecule has 0 unspecified atom stereocenters. The molecule has 1 heterocycles. The summed E-state index contributed by atoms with van der Waals surface area (Å²) in [6.45, 7) is 3.35. The number of aromatic hydroxyl groups is 1. The molecule has 0 saturated carbocycles. The van der Waals surface area contributed by atoms with Gasteiger partial charge in [-0.05, 0) is 63.4 Å². The molecule has 0 atom stereocenters. The highest BCUT2D eigenvalue weighted by Crippen LogP contribution is 2.32. The first-order valence-electron chi connectivity index (χ1n) is 5.34. The minimum Gasteiger partial charge on any atom is -0.494 e. The molecule has 0 spiro atoms. The Bertz CT molecular complexity index is 755. The van der Waals surface area contributed by atoms with Gasteiger partial charge >= 0.3 is 5.69 Å².